The molecule has 2 aromatic carbocycles. The lowest BCUT2D eigenvalue weighted by atomic mass is 10.1. The molecular weight excluding hydrogens is 368 g/mol. The van der Waals surface area contributed by atoms with E-state index in [1.807, 2.05) is 50.4 Å². The molecule has 0 fully saturated rings. The molecule has 0 aromatic heterocycles. The second kappa shape index (κ2) is 8.85. The Morgan fingerprint density at radius 1 is 1.12 bits per heavy atom. The van der Waals surface area contributed by atoms with Crippen molar-refractivity contribution in [3.63, 3.8) is 0 Å². The third kappa shape index (κ3) is 5.35. The van der Waals surface area contributed by atoms with Gasteiger partial charge in [0, 0.05) is 16.6 Å². The van der Waals surface area contributed by atoms with Crippen LogP contribution in [0.5, 0.6) is 5.75 Å². The molecule has 0 spiro atoms. The van der Waals surface area contributed by atoms with Crippen molar-refractivity contribution in [2.75, 3.05) is 14.2 Å². The number of quaternary nitrogens is 1. The van der Waals surface area contributed by atoms with E-state index in [0.717, 1.165) is 27.2 Å². The van der Waals surface area contributed by atoms with Gasteiger partial charge in [-0.15, -0.1) is 0 Å². The van der Waals surface area contributed by atoms with Crippen molar-refractivity contribution in [2.24, 2.45) is 0 Å². The van der Waals surface area contributed by atoms with Crippen molar-refractivity contribution >= 4 is 21.8 Å². The summed E-state index contributed by atoms with van der Waals surface area (Å²) in [4.78, 5) is 13.5. The van der Waals surface area contributed by atoms with Crippen LogP contribution in [0.3, 0.4) is 0 Å². The number of carbonyl (C=O) groups excluding carboxylic acids is 1. The van der Waals surface area contributed by atoms with Gasteiger partial charge in [-0.25, -0.2) is 0 Å². The van der Waals surface area contributed by atoms with E-state index in [9.17, 15) is 4.79 Å². The Labute approximate surface area is 151 Å². The molecule has 2 rings (SSSR count). The van der Waals surface area contributed by atoms with Gasteiger partial charge >= 0.3 is 0 Å². The first-order valence-electron chi connectivity index (χ1n) is 7.97. The fourth-order valence-electron chi connectivity index (χ4n) is 2.39. The zero-order valence-corrected chi connectivity index (χ0v) is 15.9. The predicted octanol–water partition coefficient (Wildman–Crippen LogP) is 2.18. The molecule has 0 aliphatic carbocycles. The molecule has 0 saturated heterocycles. The van der Waals surface area contributed by atoms with Crippen molar-refractivity contribution in [3.8, 4) is 5.75 Å². The Morgan fingerprint density at radius 2 is 1.71 bits per heavy atom. The maximum atomic E-state index is 12.4. The van der Waals surface area contributed by atoms with Crippen LogP contribution in [0, 0.1) is 0 Å². The predicted molar refractivity (Wildman–Crippen MR) is 99.0 cm³/mol. The SMILES string of the molecule is COc1ccc(CNC(=O)[C@H](C)[NH+](C)Cc2ccc(Br)cc2)cc1. The zero-order chi connectivity index (χ0) is 17.5. The van der Waals surface area contributed by atoms with Crippen LogP contribution >= 0.6 is 15.9 Å². The van der Waals surface area contributed by atoms with Crippen molar-refractivity contribution in [1.29, 1.82) is 0 Å². The molecule has 0 bridgehead atoms. The number of rotatable bonds is 7. The summed E-state index contributed by atoms with van der Waals surface area (Å²) in [6, 6.07) is 15.8. The van der Waals surface area contributed by atoms with Crippen molar-refractivity contribution in [3.05, 3.63) is 64.1 Å². The Bertz CT molecular complexity index is 656. The van der Waals surface area contributed by atoms with E-state index in [1.165, 1.54) is 5.56 Å². The first-order valence-corrected chi connectivity index (χ1v) is 8.76. The quantitative estimate of drug-likeness (QED) is 0.759. The molecule has 1 amide bonds. The van der Waals surface area contributed by atoms with Gasteiger partial charge in [0.15, 0.2) is 6.04 Å². The van der Waals surface area contributed by atoms with Crippen molar-refractivity contribution in [2.45, 2.75) is 26.1 Å². The summed E-state index contributed by atoms with van der Waals surface area (Å²) < 4.78 is 6.20. The fraction of sp³-hybridized carbons (Fsp3) is 0.316. The van der Waals surface area contributed by atoms with E-state index in [0.29, 0.717) is 6.54 Å². The molecule has 0 aliphatic rings. The van der Waals surface area contributed by atoms with Crippen LogP contribution in [0.1, 0.15) is 18.1 Å². The number of nitrogens with one attached hydrogen (secondary N) is 2. The highest BCUT2D eigenvalue weighted by Gasteiger charge is 2.21. The third-order valence-corrected chi connectivity index (χ3v) is 4.68. The van der Waals surface area contributed by atoms with Crippen molar-refractivity contribution in [1.82, 2.24) is 5.32 Å². The van der Waals surface area contributed by atoms with E-state index in [-0.39, 0.29) is 11.9 Å². The van der Waals surface area contributed by atoms with E-state index >= 15 is 0 Å². The van der Waals surface area contributed by atoms with Crippen LogP contribution in [0.25, 0.3) is 0 Å². The normalized spacial score (nSPS) is 13.2. The van der Waals surface area contributed by atoms with Crippen LogP contribution in [0.15, 0.2) is 53.0 Å². The minimum atomic E-state index is -0.119. The number of halogens is 1. The smallest absolute Gasteiger partial charge is 0.278 e. The molecule has 0 saturated carbocycles. The molecule has 1 unspecified atom stereocenters. The lowest BCUT2D eigenvalue weighted by Gasteiger charge is -2.21. The monoisotopic (exact) mass is 391 g/mol. The number of hydrogen-bond donors (Lipinski definition) is 2. The Morgan fingerprint density at radius 3 is 2.29 bits per heavy atom. The van der Waals surface area contributed by atoms with Gasteiger partial charge in [0.2, 0.25) is 0 Å². The van der Waals surface area contributed by atoms with E-state index in [2.05, 4.69) is 33.4 Å². The molecule has 5 heteroatoms. The highest BCUT2D eigenvalue weighted by molar-refractivity contribution is 9.10. The number of methoxy groups -OCH3 is 1. The molecule has 2 N–H and O–H groups in total. The highest BCUT2D eigenvalue weighted by atomic mass is 79.9. The minimum absolute atomic E-state index is 0.0560. The standard InChI is InChI=1S/C19H23BrN2O2/c1-14(22(2)13-16-4-8-17(20)9-5-16)19(23)21-12-15-6-10-18(24-3)11-7-15/h4-11,14H,12-13H2,1-3H3,(H,21,23)/p+1/t14-/m0/s1. The summed E-state index contributed by atoms with van der Waals surface area (Å²) in [5, 5.41) is 3.00. The maximum Gasteiger partial charge on any atom is 0.278 e. The average molecular weight is 392 g/mol. The number of amides is 1. The van der Waals surface area contributed by atoms with Gasteiger partial charge in [-0.3, -0.25) is 4.79 Å². The number of ether oxygens (including phenoxy) is 1. The second-order valence-corrected chi connectivity index (χ2v) is 6.85. The summed E-state index contributed by atoms with van der Waals surface area (Å²) in [5.74, 6) is 0.873. The average Bonchev–Trinajstić information content (AvgIpc) is 2.61. The lowest BCUT2D eigenvalue weighted by Crippen LogP contribution is -3.12. The van der Waals surface area contributed by atoms with Crippen molar-refractivity contribution < 1.29 is 14.4 Å². The van der Waals surface area contributed by atoms with Gasteiger partial charge in [-0.1, -0.05) is 40.2 Å². The largest absolute Gasteiger partial charge is 0.497 e. The third-order valence-electron chi connectivity index (χ3n) is 4.15. The van der Waals surface area contributed by atoms with Crippen LogP contribution in [-0.2, 0) is 17.9 Å². The van der Waals surface area contributed by atoms with E-state index in [1.54, 1.807) is 7.11 Å². The number of benzene rings is 2. The van der Waals surface area contributed by atoms with E-state index < -0.39 is 0 Å². The lowest BCUT2D eigenvalue weighted by molar-refractivity contribution is -0.908. The van der Waals surface area contributed by atoms with Crippen LogP contribution in [0.4, 0.5) is 0 Å². The summed E-state index contributed by atoms with van der Waals surface area (Å²) in [6.45, 7) is 3.29. The number of carbonyl (C=O) groups is 1. The number of likely N-dealkylation sites (N-methyl/N-ethyl adjacent to an activating group) is 1. The Balaban J connectivity index is 1.84. The fourth-order valence-corrected chi connectivity index (χ4v) is 2.65. The van der Waals surface area contributed by atoms with Gasteiger partial charge in [0.25, 0.3) is 5.91 Å². The molecule has 4 nitrogen and oxygen atoms in total. The molecule has 0 heterocycles. The molecule has 128 valence electrons. The first-order chi connectivity index (χ1) is 11.5. The van der Waals surface area contributed by atoms with Crippen LogP contribution in [0.2, 0.25) is 0 Å². The molecule has 2 atom stereocenters. The minimum Gasteiger partial charge on any atom is -0.497 e. The molecule has 2 aromatic rings. The number of hydrogen-bond acceptors (Lipinski definition) is 2. The van der Waals surface area contributed by atoms with Gasteiger partial charge in [0.1, 0.15) is 12.3 Å². The van der Waals surface area contributed by atoms with Gasteiger partial charge < -0.3 is 15.0 Å². The van der Waals surface area contributed by atoms with Crippen LogP contribution < -0.4 is 15.0 Å². The summed E-state index contributed by atoms with van der Waals surface area (Å²) in [7, 11) is 3.68. The molecule has 0 radical (unpaired) electrons. The Hall–Kier alpha value is -1.85. The Kier molecular flexibility index (Phi) is 6.82. The van der Waals surface area contributed by atoms with Gasteiger partial charge in [-0.05, 0) is 36.8 Å². The first kappa shape index (κ1) is 18.5. The second-order valence-electron chi connectivity index (χ2n) is 5.94. The molecular formula is C19H24BrN2O2+. The zero-order valence-electron chi connectivity index (χ0n) is 14.3. The molecule has 24 heavy (non-hydrogen) atoms. The topological polar surface area (TPSA) is 42.8 Å². The van der Waals surface area contributed by atoms with Gasteiger partial charge in [0.05, 0.1) is 14.2 Å². The van der Waals surface area contributed by atoms with E-state index in [4.69, 9.17) is 4.74 Å². The highest BCUT2D eigenvalue weighted by Crippen LogP contribution is 2.11. The summed E-state index contributed by atoms with van der Waals surface area (Å²) >= 11 is 3.44. The molecule has 0 aliphatic heterocycles. The maximum absolute atomic E-state index is 12.4. The van der Waals surface area contributed by atoms with Gasteiger partial charge in [-0.2, -0.15) is 0 Å². The summed E-state index contributed by atoms with van der Waals surface area (Å²) in [6.07, 6.45) is 0. The van der Waals surface area contributed by atoms with Crippen LogP contribution in [-0.4, -0.2) is 26.1 Å². The summed E-state index contributed by atoms with van der Waals surface area (Å²) in [5.41, 5.74) is 2.27.